The van der Waals surface area contributed by atoms with E-state index in [1.165, 1.54) is 22.3 Å². The van der Waals surface area contributed by atoms with Crippen LogP contribution in [-0.4, -0.2) is 4.98 Å². The predicted molar refractivity (Wildman–Crippen MR) is 174 cm³/mol. The van der Waals surface area contributed by atoms with Crippen molar-refractivity contribution >= 4 is 0 Å². The molecule has 0 aliphatic rings. The van der Waals surface area contributed by atoms with Gasteiger partial charge in [-0.1, -0.05) is 71.9 Å². The molecule has 0 saturated heterocycles. The molecular weight excluding hydrogens is 510 g/mol. The summed E-state index contributed by atoms with van der Waals surface area (Å²) in [6.45, 7) is 14.4. The van der Waals surface area contributed by atoms with Crippen molar-refractivity contribution < 1.29 is 9.13 Å². The quantitative estimate of drug-likeness (QED) is 0.167. The second-order valence-corrected chi connectivity index (χ2v) is 14.8. The normalized spacial score (nSPS) is 15.1. The van der Waals surface area contributed by atoms with Crippen LogP contribution in [0.25, 0.3) is 0 Å². The number of hydrogen-bond acceptors (Lipinski definition) is 1. The van der Waals surface area contributed by atoms with Gasteiger partial charge >= 0.3 is 0 Å². The second-order valence-electron chi connectivity index (χ2n) is 14.8. The van der Waals surface area contributed by atoms with Gasteiger partial charge in [0.15, 0.2) is 24.8 Å². The number of aryl methyl sites for hydroxylation is 2. The summed E-state index contributed by atoms with van der Waals surface area (Å²) in [7, 11) is 4.21. The molecule has 3 nitrogen and oxygen atoms in total. The van der Waals surface area contributed by atoms with Crippen LogP contribution in [0, 0.1) is 10.8 Å². The van der Waals surface area contributed by atoms with E-state index in [9.17, 15) is 0 Å². The molecule has 3 heterocycles. The zero-order valence-electron chi connectivity index (χ0n) is 27.3. The average molecular weight is 564 g/mol. The molecule has 3 aromatic heterocycles. The zero-order chi connectivity index (χ0) is 30.3. The Kier molecular flexibility index (Phi) is 10.4. The Morgan fingerprint density at radius 3 is 1.50 bits per heavy atom. The SMILES string of the molecule is C[n+]1ccc(C(CC(CC(c2ccccc2)C(C)(C)C)c2ccncc2)CC(CC(C)(C)C)c2cc[n+](C)cc2)cc1. The lowest BCUT2D eigenvalue weighted by Crippen LogP contribution is -2.27. The molecule has 4 aromatic rings. The van der Waals surface area contributed by atoms with Gasteiger partial charge in [-0.15, -0.1) is 0 Å². The first kappa shape index (κ1) is 31.6. The van der Waals surface area contributed by atoms with Crippen molar-refractivity contribution in [3.05, 3.63) is 126 Å². The Morgan fingerprint density at radius 1 is 0.548 bits per heavy atom. The van der Waals surface area contributed by atoms with E-state index in [0.29, 0.717) is 23.7 Å². The standard InChI is InChI=1S/C39H53N3/c1-38(2,3)29-36(32-18-24-42(8)25-19-32)27-34(31-16-22-41(7)23-17-31)26-35(30-14-20-40-21-15-30)28-37(39(4,5)6)33-12-10-9-11-13-33/h9-25,34-37H,26-29H2,1-8H3/q+2. The van der Waals surface area contributed by atoms with Crippen LogP contribution in [0.15, 0.2) is 104 Å². The summed E-state index contributed by atoms with van der Waals surface area (Å²) >= 11 is 0. The molecule has 0 saturated carbocycles. The first-order valence-electron chi connectivity index (χ1n) is 15.7. The van der Waals surface area contributed by atoms with Gasteiger partial charge < -0.3 is 0 Å². The molecule has 4 atom stereocenters. The summed E-state index contributed by atoms with van der Waals surface area (Å²) in [4.78, 5) is 4.39. The van der Waals surface area contributed by atoms with Crippen LogP contribution in [0.5, 0.6) is 0 Å². The van der Waals surface area contributed by atoms with Crippen LogP contribution >= 0.6 is 0 Å². The fourth-order valence-corrected chi connectivity index (χ4v) is 6.66. The number of rotatable bonds is 11. The lowest BCUT2D eigenvalue weighted by Gasteiger charge is -2.36. The highest BCUT2D eigenvalue weighted by Gasteiger charge is 2.33. The first-order chi connectivity index (χ1) is 19.9. The third-order valence-corrected chi connectivity index (χ3v) is 8.89. The Hall–Kier alpha value is -3.33. The Morgan fingerprint density at radius 2 is 1.00 bits per heavy atom. The van der Waals surface area contributed by atoms with Gasteiger partial charge in [0.05, 0.1) is 0 Å². The molecule has 4 unspecified atom stereocenters. The minimum Gasteiger partial charge on any atom is -0.265 e. The van der Waals surface area contributed by atoms with Crippen molar-refractivity contribution in [3.8, 4) is 0 Å². The summed E-state index contributed by atoms with van der Waals surface area (Å²) in [6.07, 6.45) is 17.3. The number of aromatic nitrogens is 3. The molecule has 222 valence electrons. The van der Waals surface area contributed by atoms with Gasteiger partial charge in [-0.3, -0.25) is 4.98 Å². The smallest absolute Gasteiger partial charge is 0.168 e. The summed E-state index contributed by atoms with van der Waals surface area (Å²) in [6, 6.07) is 25.0. The molecule has 0 fully saturated rings. The highest BCUT2D eigenvalue weighted by Crippen LogP contribution is 2.47. The van der Waals surface area contributed by atoms with E-state index < -0.39 is 0 Å². The Bertz CT molecular complexity index is 1350. The van der Waals surface area contributed by atoms with E-state index in [-0.39, 0.29) is 10.8 Å². The van der Waals surface area contributed by atoms with E-state index in [0.717, 1.165) is 25.7 Å². The molecule has 0 aliphatic carbocycles. The number of nitrogens with zero attached hydrogens (tertiary/aromatic N) is 3. The molecule has 3 heteroatoms. The third kappa shape index (κ3) is 9.08. The lowest BCUT2D eigenvalue weighted by molar-refractivity contribution is -0.671. The topological polar surface area (TPSA) is 20.6 Å². The monoisotopic (exact) mass is 563 g/mol. The average Bonchev–Trinajstić information content (AvgIpc) is 2.94. The van der Waals surface area contributed by atoms with E-state index in [1.807, 2.05) is 12.4 Å². The van der Waals surface area contributed by atoms with Crippen molar-refractivity contribution in [1.29, 1.82) is 0 Å². The van der Waals surface area contributed by atoms with E-state index in [2.05, 4.69) is 161 Å². The third-order valence-electron chi connectivity index (χ3n) is 8.89. The maximum atomic E-state index is 4.39. The lowest BCUT2D eigenvalue weighted by atomic mass is 9.68. The van der Waals surface area contributed by atoms with Crippen LogP contribution in [0.3, 0.4) is 0 Å². The molecule has 4 rings (SSSR count). The largest absolute Gasteiger partial charge is 0.265 e. The molecule has 0 spiro atoms. The Labute approximate surface area is 255 Å². The minimum absolute atomic E-state index is 0.150. The van der Waals surface area contributed by atoms with Crippen molar-refractivity contribution in [3.63, 3.8) is 0 Å². The van der Waals surface area contributed by atoms with Crippen molar-refractivity contribution in [2.75, 3.05) is 0 Å². The van der Waals surface area contributed by atoms with Crippen LogP contribution in [0.2, 0.25) is 0 Å². The van der Waals surface area contributed by atoms with Gasteiger partial charge in [-0.2, -0.15) is 0 Å². The molecule has 0 radical (unpaired) electrons. The fraction of sp³-hybridized carbons (Fsp3) is 0.462. The van der Waals surface area contributed by atoms with Gasteiger partial charge in [0.2, 0.25) is 0 Å². The number of pyridine rings is 3. The van der Waals surface area contributed by atoms with Gasteiger partial charge in [-0.25, -0.2) is 9.13 Å². The van der Waals surface area contributed by atoms with Gasteiger partial charge in [0.1, 0.15) is 14.1 Å². The molecule has 0 amide bonds. The maximum Gasteiger partial charge on any atom is 0.168 e. The van der Waals surface area contributed by atoms with Crippen LogP contribution in [-0.2, 0) is 14.1 Å². The molecule has 0 bridgehead atoms. The van der Waals surface area contributed by atoms with Gasteiger partial charge in [0.25, 0.3) is 0 Å². The highest BCUT2D eigenvalue weighted by atomic mass is 14.9. The fourth-order valence-electron chi connectivity index (χ4n) is 6.66. The molecule has 0 aliphatic heterocycles. The molecular formula is C39H53N3+2. The van der Waals surface area contributed by atoms with E-state index in [4.69, 9.17) is 0 Å². The number of hydrogen-bond donors (Lipinski definition) is 0. The van der Waals surface area contributed by atoms with Crippen molar-refractivity contribution in [2.45, 2.75) is 90.9 Å². The summed E-state index contributed by atoms with van der Waals surface area (Å²) in [5, 5.41) is 0. The van der Waals surface area contributed by atoms with Crippen LogP contribution < -0.4 is 9.13 Å². The number of benzene rings is 1. The van der Waals surface area contributed by atoms with Crippen molar-refractivity contribution in [1.82, 2.24) is 4.98 Å². The van der Waals surface area contributed by atoms with E-state index >= 15 is 0 Å². The summed E-state index contributed by atoms with van der Waals surface area (Å²) in [5.41, 5.74) is 6.13. The second kappa shape index (κ2) is 13.8. The van der Waals surface area contributed by atoms with Gasteiger partial charge in [0, 0.05) is 36.7 Å². The van der Waals surface area contributed by atoms with Crippen LogP contribution in [0.4, 0.5) is 0 Å². The Balaban J connectivity index is 1.75. The first-order valence-corrected chi connectivity index (χ1v) is 15.7. The predicted octanol–water partition coefficient (Wildman–Crippen LogP) is 8.82. The molecule has 1 aromatic carbocycles. The molecule has 42 heavy (non-hydrogen) atoms. The van der Waals surface area contributed by atoms with Gasteiger partial charge in [-0.05, 0) is 94.6 Å². The maximum absolute atomic E-state index is 4.39. The zero-order valence-corrected chi connectivity index (χ0v) is 27.3. The molecule has 0 N–H and O–H groups in total. The summed E-state index contributed by atoms with van der Waals surface area (Å²) in [5.74, 6) is 1.78. The van der Waals surface area contributed by atoms with Crippen LogP contribution in [0.1, 0.15) is 113 Å². The van der Waals surface area contributed by atoms with Crippen molar-refractivity contribution in [2.24, 2.45) is 24.9 Å². The summed E-state index contributed by atoms with van der Waals surface area (Å²) < 4.78 is 4.29. The highest BCUT2D eigenvalue weighted by molar-refractivity contribution is 5.26. The van der Waals surface area contributed by atoms with E-state index in [1.54, 1.807) is 0 Å². The minimum atomic E-state index is 0.150.